The van der Waals surface area contributed by atoms with E-state index in [2.05, 4.69) is 10.3 Å². The van der Waals surface area contributed by atoms with Crippen LogP contribution in [0.1, 0.15) is 11.9 Å². The van der Waals surface area contributed by atoms with Crippen molar-refractivity contribution in [3.63, 3.8) is 0 Å². The van der Waals surface area contributed by atoms with E-state index >= 15 is 0 Å². The zero-order valence-electron chi connectivity index (χ0n) is 10.3. The SMILES string of the molecule is CCOc1ccc(NCc2nccs2)c([N+](=O)[O-])c1. The summed E-state index contributed by atoms with van der Waals surface area (Å²) in [6, 6.07) is 4.78. The van der Waals surface area contributed by atoms with Gasteiger partial charge in [0, 0.05) is 11.6 Å². The Morgan fingerprint density at radius 1 is 1.53 bits per heavy atom. The summed E-state index contributed by atoms with van der Waals surface area (Å²) >= 11 is 1.50. The summed E-state index contributed by atoms with van der Waals surface area (Å²) in [7, 11) is 0. The topological polar surface area (TPSA) is 77.3 Å². The molecule has 2 aromatic rings. The van der Waals surface area contributed by atoms with Crippen LogP contribution in [0.4, 0.5) is 11.4 Å². The summed E-state index contributed by atoms with van der Waals surface area (Å²) in [6.07, 6.45) is 1.70. The second-order valence-corrected chi connectivity index (χ2v) is 4.63. The van der Waals surface area contributed by atoms with Gasteiger partial charge in [0.1, 0.15) is 16.4 Å². The van der Waals surface area contributed by atoms with Gasteiger partial charge in [-0.15, -0.1) is 11.3 Å². The first-order valence-corrected chi connectivity index (χ1v) is 6.62. The minimum absolute atomic E-state index is 0.00232. The molecule has 0 bridgehead atoms. The number of hydrogen-bond donors (Lipinski definition) is 1. The molecule has 0 fully saturated rings. The number of aromatic nitrogens is 1. The van der Waals surface area contributed by atoms with Crippen LogP contribution in [0.15, 0.2) is 29.8 Å². The molecular formula is C12H13N3O3S. The molecule has 0 saturated carbocycles. The lowest BCUT2D eigenvalue weighted by atomic mass is 10.2. The van der Waals surface area contributed by atoms with Gasteiger partial charge >= 0.3 is 0 Å². The van der Waals surface area contributed by atoms with E-state index in [4.69, 9.17) is 4.74 Å². The highest BCUT2D eigenvalue weighted by Crippen LogP contribution is 2.29. The third-order valence-electron chi connectivity index (χ3n) is 2.39. The molecular weight excluding hydrogens is 266 g/mol. The van der Waals surface area contributed by atoms with Crippen molar-refractivity contribution < 1.29 is 9.66 Å². The van der Waals surface area contributed by atoms with E-state index in [0.29, 0.717) is 24.6 Å². The number of rotatable bonds is 6. The van der Waals surface area contributed by atoms with Crippen molar-refractivity contribution in [2.45, 2.75) is 13.5 Å². The summed E-state index contributed by atoms with van der Waals surface area (Å²) in [5.74, 6) is 0.494. The molecule has 0 aliphatic heterocycles. The van der Waals surface area contributed by atoms with Crippen LogP contribution >= 0.6 is 11.3 Å². The number of hydrogen-bond acceptors (Lipinski definition) is 6. The van der Waals surface area contributed by atoms with Crippen LogP contribution in [0.2, 0.25) is 0 Å². The lowest BCUT2D eigenvalue weighted by Gasteiger charge is -2.08. The minimum Gasteiger partial charge on any atom is -0.494 e. The highest BCUT2D eigenvalue weighted by atomic mass is 32.1. The van der Waals surface area contributed by atoms with E-state index in [-0.39, 0.29) is 5.69 Å². The number of benzene rings is 1. The summed E-state index contributed by atoms with van der Waals surface area (Å²) in [6.45, 7) is 2.77. The fraction of sp³-hybridized carbons (Fsp3) is 0.250. The first-order valence-electron chi connectivity index (χ1n) is 5.74. The molecule has 1 N–H and O–H groups in total. The zero-order valence-corrected chi connectivity index (χ0v) is 11.1. The molecule has 19 heavy (non-hydrogen) atoms. The van der Waals surface area contributed by atoms with Gasteiger partial charge in [-0.1, -0.05) is 0 Å². The van der Waals surface area contributed by atoms with Gasteiger partial charge in [0.2, 0.25) is 0 Å². The number of nitrogens with one attached hydrogen (secondary N) is 1. The third-order valence-corrected chi connectivity index (χ3v) is 3.17. The van der Waals surface area contributed by atoms with Gasteiger partial charge < -0.3 is 10.1 Å². The van der Waals surface area contributed by atoms with Crippen LogP contribution in [0.25, 0.3) is 0 Å². The van der Waals surface area contributed by atoms with Crippen molar-refractivity contribution >= 4 is 22.7 Å². The van der Waals surface area contributed by atoms with Crippen LogP contribution in [0, 0.1) is 10.1 Å². The lowest BCUT2D eigenvalue weighted by molar-refractivity contribution is -0.384. The smallest absolute Gasteiger partial charge is 0.296 e. The number of nitrogens with zero attached hydrogens (tertiary/aromatic N) is 2. The fourth-order valence-electron chi connectivity index (χ4n) is 1.58. The summed E-state index contributed by atoms with van der Waals surface area (Å²) < 4.78 is 5.26. The molecule has 0 atom stereocenters. The molecule has 6 nitrogen and oxygen atoms in total. The molecule has 0 spiro atoms. The lowest BCUT2D eigenvalue weighted by Crippen LogP contribution is -2.03. The molecule has 7 heteroatoms. The van der Waals surface area contributed by atoms with Crippen LogP contribution in [-0.4, -0.2) is 16.5 Å². The number of thiazole rings is 1. The van der Waals surface area contributed by atoms with Gasteiger partial charge in [-0.3, -0.25) is 10.1 Å². The molecule has 0 aliphatic rings. The molecule has 1 heterocycles. The molecule has 0 aliphatic carbocycles. The maximum absolute atomic E-state index is 11.0. The molecule has 1 aromatic heterocycles. The van der Waals surface area contributed by atoms with Gasteiger partial charge in [-0.2, -0.15) is 0 Å². The van der Waals surface area contributed by atoms with Crippen molar-refractivity contribution in [1.82, 2.24) is 4.98 Å². The van der Waals surface area contributed by atoms with Gasteiger partial charge in [-0.25, -0.2) is 4.98 Å². The molecule has 2 rings (SSSR count). The van der Waals surface area contributed by atoms with Crippen LogP contribution in [0.3, 0.4) is 0 Å². The van der Waals surface area contributed by atoms with E-state index in [0.717, 1.165) is 5.01 Å². The Labute approximate surface area is 114 Å². The van der Waals surface area contributed by atoms with Crippen molar-refractivity contribution in [2.24, 2.45) is 0 Å². The molecule has 1 aromatic carbocycles. The van der Waals surface area contributed by atoms with Gasteiger partial charge in [0.15, 0.2) is 0 Å². The Morgan fingerprint density at radius 2 is 2.37 bits per heavy atom. The predicted octanol–water partition coefficient (Wildman–Crippen LogP) is 3.06. The molecule has 0 radical (unpaired) electrons. The van der Waals surface area contributed by atoms with E-state index < -0.39 is 4.92 Å². The van der Waals surface area contributed by atoms with Crippen molar-refractivity contribution in [2.75, 3.05) is 11.9 Å². The molecule has 0 amide bonds. The normalized spacial score (nSPS) is 10.2. The van der Waals surface area contributed by atoms with Gasteiger partial charge in [0.05, 0.1) is 24.1 Å². The monoisotopic (exact) mass is 279 g/mol. The fourth-order valence-corrected chi connectivity index (χ4v) is 2.14. The quantitative estimate of drug-likeness (QED) is 0.649. The molecule has 100 valence electrons. The van der Waals surface area contributed by atoms with Crippen molar-refractivity contribution in [3.05, 3.63) is 44.9 Å². The number of nitro benzene ring substituents is 1. The Hall–Kier alpha value is -2.15. The highest BCUT2D eigenvalue weighted by molar-refractivity contribution is 7.09. The Kier molecular flexibility index (Phi) is 4.30. The Morgan fingerprint density at radius 3 is 3.00 bits per heavy atom. The van der Waals surface area contributed by atoms with Gasteiger partial charge in [0.25, 0.3) is 5.69 Å². The highest BCUT2D eigenvalue weighted by Gasteiger charge is 2.15. The van der Waals surface area contributed by atoms with Crippen LogP contribution in [-0.2, 0) is 6.54 Å². The zero-order chi connectivity index (χ0) is 13.7. The molecule has 0 unspecified atom stereocenters. The average molecular weight is 279 g/mol. The second kappa shape index (κ2) is 6.14. The number of anilines is 1. The van der Waals surface area contributed by atoms with Crippen molar-refractivity contribution in [1.29, 1.82) is 0 Å². The molecule has 0 saturated heterocycles. The second-order valence-electron chi connectivity index (χ2n) is 3.65. The van der Waals surface area contributed by atoms with E-state index in [1.807, 2.05) is 12.3 Å². The average Bonchev–Trinajstić information content (AvgIpc) is 2.90. The summed E-state index contributed by atoms with van der Waals surface area (Å²) in [5.41, 5.74) is 0.464. The van der Waals surface area contributed by atoms with E-state index in [9.17, 15) is 10.1 Å². The Bertz CT molecular complexity index is 557. The van der Waals surface area contributed by atoms with Gasteiger partial charge in [-0.05, 0) is 19.1 Å². The first-order chi connectivity index (χ1) is 9.20. The standard InChI is InChI=1S/C12H13N3O3S/c1-2-18-9-3-4-10(11(7-9)15(16)17)14-8-12-13-5-6-19-12/h3-7,14H,2,8H2,1H3. The summed E-state index contributed by atoms with van der Waals surface area (Å²) in [5, 5.41) is 16.8. The maximum atomic E-state index is 11.0. The van der Waals surface area contributed by atoms with E-state index in [1.54, 1.807) is 18.3 Å². The third kappa shape index (κ3) is 3.41. The number of ether oxygens (including phenoxy) is 1. The predicted molar refractivity (Wildman–Crippen MR) is 73.7 cm³/mol. The summed E-state index contributed by atoms with van der Waals surface area (Å²) in [4.78, 5) is 14.7. The Balaban J connectivity index is 2.16. The largest absolute Gasteiger partial charge is 0.494 e. The maximum Gasteiger partial charge on any atom is 0.296 e. The first kappa shape index (κ1) is 13.3. The van der Waals surface area contributed by atoms with Crippen LogP contribution < -0.4 is 10.1 Å². The van der Waals surface area contributed by atoms with Crippen molar-refractivity contribution in [3.8, 4) is 5.75 Å². The van der Waals surface area contributed by atoms with E-state index in [1.165, 1.54) is 17.4 Å². The number of nitro groups is 1. The minimum atomic E-state index is -0.424. The van der Waals surface area contributed by atoms with Crippen LogP contribution in [0.5, 0.6) is 5.75 Å².